The lowest BCUT2D eigenvalue weighted by Gasteiger charge is -2.35. The smallest absolute Gasteiger partial charge is 0.260 e. The van der Waals surface area contributed by atoms with E-state index in [1.807, 2.05) is 13.8 Å². The lowest BCUT2D eigenvalue weighted by Crippen LogP contribution is -2.49. The number of anilines is 1. The minimum atomic E-state index is -0.0150. The zero-order valence-electron chi connectivity index (χ0n) is 11.3. The van der Waals surface area contributed by atoms with Gasteiger partial charge in [0, 0.05) is 18.8 Å². The molecule has 0 bridgehead atoms. The molecule has 2 N–H and O–H groups in total. The van der Waals surface area contributed by atoms with Crippen LogP contribution in [0.2, 0.25) is 0 Å². The fourth-order valence-corrected chi connectivity index (χ4v) is 2.18. The zero-order chi connectivity index (χ0) is 13.8. The third-order valence-electron chi connectivity index (χ3n) is 3.01. The van der Waals surface area contributed by atoms with E-state index >= 15 is 0 Å². The summed E-state index contributed by atoms with van der Waals surface area (Å²) in [5.74, 6) is 0.635. The molecule has 1 aromatic carbocycles. The molecule has 2 atom stereocenters. The molecule has 0 unspecified atom stereocenters. The van der Waals surface area contributed by atoms with Crippen molar-refractivity contribution >= 4 is 11.6 Å². The Morgan fingerprint density at radius 2 is 1.89 bits per heavy atom. The van der Waals surface area contributed by atoms with Gasteiger partial charge >= 0.3 is 0 Å². The summed E-state index contributed by atoms with van der Waals surface area (Å²) in [6.07, 6.45) is 0.147. The summed E-state index contributed by atoms with van der Waals surface area (Å²) >= 11 is 0. The SMILES string of the molecule is C[C@@H]1CN(C(=O)COc2ccc(N)cc2)C[C@H](C)O1. The first-order chi connectivity index (χ1) is 9.04. The van der Waals surface area contributed by atoms with Crippen LogP contribution < -0.4 is 10.5 Å². The van der Waals surface area contributed by atoms with Crippen LogP contribution in [0.1, 0.15) is 13.8 Å². The van der Waals surface area contributed by atoms with E-state index in [1.54, 1.807) is 29.2 Å². The lowest BCUT2D eigenvalue weighted by atomic mass is 10.2. The van der Waals surface area contributed by atoms with Gasteiger partial charge in [-0.05, 0) is 38.1 Å². The largest absolute Gasteiger partial charge is 0.484 e. The highest BCUT2D eigenvalue weighted by molar-refractivity contribution is 5.78. The minimum absolute atomic E-state index is 0.0150. The van der Waals surface area contributed by atoms with E-state index < -0.39 is 0 Å². The highest BCUT2D eigenvalue weighted by Gasteiger charge is 2.25. The fraction of sp³-hybridized carbons (Fsp3) is 0.500. The zero-order valence-corrected chi connectivity index (χ0v) is 11.3. The van der Waals surface area contributed by atoms with Crippen molar-refractivity contribution in [2.45, 2.75) is 26.1 Å². The molecule has 5 heteroatoms. The molecule has 1 saturated heterocycles. The molecule has 1 aliphatic rings. The third kappa shape index (κ3) is 3.86. The molecule has 1 heterocycles. The number of nitrogens with two attached hydrogens (primary N) is 1. The van der Waals surface area contributed by atoms with Gasteiger partial charge in [0.2, 0.25) is 0 Å². The first-order valence-electron chi connectivity index (χ1n) is 6.46. The minimum Gasteiger partial charge on any atom is -0.484 e. The topological polar surface area (TPSA) is 64.8 Å². The molecule has 2 rings (SSSR count). The maximum absolute atomic E-state index is 12.1. The van der Waals surface area contributed by atoms with E-state index in [0.717, 1.165) is 0 Å². The highest BCUT2D eigenvalue weighted by Crippen LogP contribution is 2.14. The van der Waals surface area contributed by atoms with E-state index in [0.29, 0.717) is 24.5 Å². The number of morpholine rings is 1. The van der Waals surface area contributed by atoms with Crippen LogP contribution >= 0.6 is 0 Å². The van der Waals surface area contributed by atoms with Crippen molar-refractivity contribution in [1.82, 2.24) is 4.90 Å². The van der Waals surface area contributed by atoms with Gasteiger partial charge in [0.25, 0.3) is 5.91 Å². The van der Waals surface area contributed by atoms with E-state index in [1.165, 1.54) is 0 Å². The molecule has 1 amide bonds. The van der Waals surface area contributed by atoms with Crippen LogP contribution in [0.3, 0.4) is 0 Å². The maximum atomic E-state index is 12.1. The summed E-state index contributed by atoms with van der Waals surface area (Å²) in [6.45, 7) is 5.22. The summed E-state index contributed by atoms with van der Waals surface area (Å²) in [7, 11) is 0. The Labute approximate surface area is 113 Å². The van der Waals surface area contributed by atoms with Crippen molar-refractivity contribution in [2.24, 2.45) is 0 Å². The van der Waals surface area contributed by atoms with Crippen molar-refractivity contribution in [1.29, 1.82) is 0 Å². The van der Waals surface area contributed by atoms with Crippen LogP contribution in [0.4, 0.5) is 5.69 Å². The Bertz CT molecular complexity index is 423. The van der Waals surface area contributed by atoms with Gasteiger partial charge in [0.15, 0.2) is 6.61 Å². The molecular weight excluding hydrogens is 244 g/mol. The van der Waals surface area contributed by atoms with Crippen LogP contribution in [-0.2, 0) is 9.53 Å². The van der Waals surface area contributed by atoms with Crippen LogP contribution in [-0.4, -0.2) is 42.7 Å². The Morgan fingerprint density at radius 1 is 1.32 bits per heavy atom. The average molecular weight is 264 g/mol. The highest BCUT2D eigenvalue weighted by atomic mass is 16.5. The van der Waals surface area contributed by atoms with Crippen LogP contribution in [0.15, 0.2) is 24.3 Å². The molecule has 0 saturated carbocycles. The van der Waals surface area contributed by atoms with Gasteiger partial charge in [-0.15, -0.1) is 0 Å². The van der Waals surface area contributed by atoms with Crippen LogP contribution in [0.25, 0.3) is 0 Å². The van der Waals surface area contributed by atoms with Crippen molar-refractivity contribution in [3.8, 4) is 5.75 Å². The molecule has 19 heavy (non-hydrogen) atoms. The number of carbonyl (C=O) groups is 1. The summed E-state index contributed by atoms with van der Waals surface area (Å²) in [5, 5.41) is 0. The Kier molecular flexibility index (Phi) is 4.27. The van der Waals surface area contributed by atoms with Crippen molar-refractivity contribution in [3.63, 3.8) is 0 Å². The molecular formula is C14H20N2O3. The molecule has 5 nitrogen and oxygen atoms in total. The summed E-state index contributed by atoms with van der Waals surface area (Å²) in [6, 6.07) is 7.01. The van der Waals surface area contributed by atoms with Gasteiger partial charge in [-0.3, -0.25) is 4.79 Å². The van der Waals surface area contributed by atoms with Crippen LogP contribution in [0.5, 0.6) is 5.75 Å². The van der Waals surface area contributed by atoms with Gasteiger partial charge in [-0.2, -0.15) is 0 Å². The number of hydrogen-bond donors (Lipinski definition) is 1. The standard InChI is InChI=1S/C14H20N2O3/c1-10-7-16(8-11(2)19-10)14(17)9-18-13-5-3-12(15)4-6-13/h3-6,10-11H,7-9,15H2,1-2H3/t10-,11+. The van der Waals surface area contributed by atoms with Crippen molar-refractivity contribution < 1.29 is 14.3 Å². The first kappa shape index (κ1) is 13.7. The number of hydrogen-bond acceptors (Lipinski definition) is 4. The fourth-order valence-electron chi connectivity index (χ4n) is 2.18. The maximum Gasteiger partial charge on any atom is 0.260 e. The molecule has 1 fully saturated rings. The Balaban J connectivity index is 1.85. The Hall–Kier alpha value is -1.75. The van der Waals surface area contributed by atoms with E-state index in [2.05, 4.69) is 0 Å². The van der Waals surface area contributed by atoms with Gasteiger partial charge in [0.1, 0.15) is 5.75 Å². The van der Waals surface area contributed by atoms with Crippen molar-refractivity contribution in [3.05, 3.63) is 24.3 Å². The molecule has 0 radical (unpaired) electrons. The molecule has 104 valence electrons. The van der Waals surface area contributed by atoms with Gasteiger partial charge in [0.05, 0.1) is 12.2 Å². The monoisotopic (exact) mass is 264 g/mol. The molecule has 1 aliphatic heterocycles. The summed E-state index contributed by atoms with van der Waals surface area (Å²) in [5.41, 5.74) is 6.26. The predicted molar refractivity (Wildman–Crippen MR) is 72.9 cm³/mol. The third-order valence-corrected chi connectivity index (χ3v) is 3.01. The lowest BCUT2D eigenvalue weighted by molar-refractivity contribution is -0.145. The normalized spacial score (nSPS) is 23.2. The van der Waals surface area contributed by atoms with Gasteiger partial charge < -0.3 is 20.1 Å². The van der Waals surface area contributed by atoms with Gasteiger partial charge in [-0.25, -0.2) is 0 Å². The Morgan fingerprint density at radius 3 is 2.47 bits per heavy atom. The van der Waals surface area contributed by atoms with Crippen molar-refractivity contribution in [2.75, 3.05) is 25.4 Å². The number of benzene rings is 1. The number of nitrogens with zero attached hydrogens (tertiary/aromatic N) is 1. The average Bonchev–Trinajstić information content (AvgIpc) is 2.36. The number of amides is 1. The second-order valence-electron chi connectivity index (χ2n) is 4.91. The van der Waals surface area contributed by atoms with E-state index in [-0.39, 0.29) is 24.7 Å². The quantitative estimate of drug-likeness (QED) is 0.835. The molecule has 0 aliphatic carbocycles. The second kappa shape index (κ2) is 5.93. The molecule has 1 aromatic rings. The predicted octanol–water partition coefficient (Wildman–Crippen LogP) is 1.28. The molecule has 0 spiro atoms. The number of rotatable bonds is 3. The van der Waals surface area contributed by atoms with E-state index in [4.69, 9.17) is 15.2 Å². The number of nitrogen functional groups attached to an aromatic ring is 1. The number of ether oxygens (including phenoxy) is 2. The first-order valence-corrected chi connectivity index (χ1v) is 6.46. The second-order valence-corrected chi connectivity index (χ2v) is 4.91. The van der Waals surface area contributed by atoms with E-state index in [9.17, 15) is 4.79 Å². The van der Waals surface area contributed by atoms with Gasteiger partial charge in [-0.1, -0.05) is 0 Å². The van der Waals surface area contributed by atoms with Crippen LogP contribution in [0, 0.1) is 0 Å². The summed E-state index contributed by atoms with van der Waals surface area (Å²) < 4.78 is 11.1. The molecule has 0 aromatic heterocycles. The summed E-state index contributed by atoms with van der Waals surface area (Å²) in [4.78, 5) is 13.8. The number of carbonyl (C=O) groups excluding carboxylic acids is 1.